The molecule has 0 amide bonds. The summed E-state index contributed by atoms with van der Waals surface area (Å²) in [5.74, 6) is -1.28. The van der Waals surface area contributed by atoms with E-state index < -0.39 is 24.8 Å². The summed E-state index contributed by atoms with van der Waals surface area (Å²) < 4.78 is 9.27. The van der Waals surface area contributed by atoms with Crippen molar-refractivity contribution in [1.29, 1.82) is 0 Å². The van der Waals surface area contributed by atoms with Gasteiger partial charge in [-0.1, -0.05) is 54.6 Å². The van der Waals surface area contributed by atoms with Crippen molar-refractivity contribution < 1.29 is 23.9 Å². The van der Waals surface area contributed by atoms with Gasteiger partial charge in [-0.2, -0.15) is 0 Å². The van der Waals surface area contributed by atoms with E-state index in [0.29, 0.717) is 11.1 Å². The van der Waals surface area contributed by atoms with Gasteiger partial charge in [0.05, 0.1) is 0 Å². The van der Waals surface area contributed by atoms with Crippen LogP contribution >= 0.6 is 0 Å². The van der Waals surface area contributed by atoms with Crippen molar-refractivity contribution in [2.45, 2.75) is 19.4 Å². The summed E-state index contributed by atoms with van der Waals surface area (Å²) in [6, 6.07) is 15.0. The quantitative estimate of drug-likeness (QED) is 0.469. The maximum atomic E-state index is 12.3. The lowest BCUT2D eigenvalue weighted by Crippen LogP contribution is -2.35. The molecule has 130 valence electrons. The van der Waals surface area contributed by atoms with Gasteiger partial charge in [-0.3, -0.25) is 14.4 Å². The highest BCUT2D eigenvalue weighted by Crippen LogP contribution is 2.12. The van der Waals surface area contributed by atoms with E-state index in [-0.39, 0.29) is 12.2 Å². The van der Waals surface area contributed by atoms with E-state index in [4.69, 9.17) is 10.5 Å². The van der Waals surface area contributed by atoms with E-state index in [1.807, 2.05) is 18.2 Å². The number of carbonyl (C=O) groups is 3. The van der Waals surface area contributed by atoms with E-state index in [1.54, 1.807) is 36.4 Å². The van der Waals surface area contributed by atoms with E-state index in [1.165, 1.54) is 6.92 Å². The number of hydrogen-bond acceptors (Lipinski definition) is 6. The monoisotopic (exact) mass is 341 g/mol. The average molecular weight is 341 g/mol. The second-order valence-corrected chi connectivity index (χ2v) is 5.42. The van der Waals surface area contributed by atoms with Gasteiger partial charge in [0.1, 0.15) is 6.04 Å². The summed E-state index contributed by atoms with van der Waals surface area (Å²) >= 11 is 0. The largest absolute Gasteiger partial charge is 0.428 e. The fourth-order valence-electron chi connectivity index (χ4n) is 2.16. The number of ketones is 1. The molecule has 2 rings (SSSR count). The summed E-state index contributed by atoms with van der Waals surface area (Å²) in [7, 11) is 0. The Balaban J connectivity index is 1.92. The Morgan fingerprint density at radius 3 is 2.12 bits per heavy atom. The standard InChI is InChI=1S/C19H19NO5/c1-13(21)24-12-25-19(23)17(20)11-14-7-9-16(10-8-14)18(22)15-5-3-2-4-6-15/h2-10,17H,11-12,20H2,1H3/t17-/m0/s1. The number of ether oxygens (including phenoxy) is 2. The van der Waals surface area contributed by atoms with Crippen LogP contribution in [0.3, 0.4) is 0 Å². The molecule has 6 heteroatoms. The lowest BCUT2D eigenvalue weighted by atomic mass is 10.00. The Hall–Kier alpha value is -2.99. The van der Waals surface area contributed by atoms with E-state index in [2.05, 4.69) is 4.74 Å². The molecule has 25 heavy (non-hydrogen) atoms. The van der Waals surface area contributed by atoms with Crippen LogP contribution in [0.5, 0.6) is 0 Å². The molecule has 0 aliphatic carbocycles. The molecule has 0 fully saturated rings. The van der Waals surface area contributed by atoms with Crippen LogP contribution in [-0.2, 0) is 25.5 Å². The predicted octanol–water partition coefficient (Wildman–Crippen LogP) is 1.85. The van der Waals surface area contributed by atoms with Crippen LogP contribution in [0.4, 0.5) is 0 Å². The molecule has 0 aromatic heterocycles. The van der Waals surface area contributed by atoms with Crippen LogP contribution in [0, 0.1) is 0 Å². The number of carbonyl (C=O) groups excluding carboxylic acids is 3. The van der Waals surface area contributed by atoms with Crippen LogP contribution in [0.2, 0.25) is 0 Å². The molecule has 2 N–H and O–H groups in total. The molecule has 0 aliphatic heterocycles. The van der Waals surface area contributed by atoms with Gasteiger partial charge >= 0.3 is 11.9 Å². The molecule has 0 spiro atoms. The third-order valence-electron chi connectivity index (χ3n) is 3.47. The molecule has 0 aliphatic rings. The topological polar surface area (TPSA) is 95.7 Å². The highest BCUT2D eigenvalue weighted by Gasteiger charge is 2.16. The van der Waals surface area contributed by atoms with Crippen LogP contribution in [-0.4, -0.2) is 30.6 Å². The molecule has 1 atom stereocenters. The zero-order valence-corrected chi connectivity index (χ0v) is 13.8. The third kappa shape index (κ3) is 5.54. The van der Waals surface area contributed by atoms with Crippen LogP contribution in [0.1, 0.15) is 28.4 Å². The minimum absolute atomic E-state index is 0.0720. The molecule has 0 heterocycles. The van der Waals surface area contributed by atoms with Crippen molar-refractivity contribution in [3.05, 3.63) is 71.3 Å². The summed E-state index contributed by atoms with van der Waals surface area (Å²) in [6.45, 7) is 0.762. The first-order valence-corrected chi connectivity index (χ1v) is 7.71. The maximum Gasteiger partial charge on any atom is 0.326 e. The summed E-state index contributed by atoms with van der Waals surface area (Å²) in [5.41, 5.74) is 7.73. The van der Waals surface area contributed by atoms with Gasteiger partial charge in [-0.25, -0.2) is 0 Å². The van der Waals surface area contributed by atoms with Gasteiger partial charge in [0, 0.05) is 18.1 Å². The van der Waals surface area contributed by atoms with Crippen molar-refractivity contribution >= 4 is 17.7 Å². The number of hydrogen-bond donors (Lipinski definition) is 1. The second-order valence-electron chi connectivity index (χ2n) is 5.42. The highest BCUT2D eigenvalue weighted by atomic mass is 16.7. The fraction of sp³-hybridized carbons (Fsp3) is 0.211. The summed E-state index contributed by atoms with van der Waals surface area (Å²) in [6.07, 6.45) is 0.249. The molecule has 6 nitrogen and oxygen atoms in total. The molecule has 2 aromatic carbocycles. The lowest BCUT2D eigenvalue weighted by Gasteiger charge is -2.11. The first-order chi connectivity index (χ1) is 12.0. The molecule has 0 radical (unpaired) electrons. The lowest BCUT2D eigenvalue weighted by molar-refractivity contribution is -0.166. The zero-order chi connectivity index (χ0) is 18.2. The Kier molecular flexibility index (Phi) is 6.42. The van der Waals surface area contributed by atoms with Crippen molar-refractivity contribution in [3.63, 3.8) is 0 Å². The average Bonchev–Trinajstić information content (AvgIpc) is 2.62. The number of nitrogens with two attached hydrogens (primary N) is 1. The minimum Gasteiger partial charge on any atom is -0.428 e. The van der Waals surface area contributed by atoms with Crippen molar-refractivity contribution in [2.24, 2.45) is 5.73 Å². The van der Waals surface area contributed by atoms with Gasteiger partial charge in [-0.15, -0.1) is 0 Å². The van der Waals surface area contributed by atoms with E-state index >= 15 is 0 Å². The second kappa shape index (κ2) is 8.75. The number of esters is 2. The van der Waals surface area contributed by atoms with Crippen molar-refractivity contribution in [2.75, 3.05) is 6.79 Å². The Labute approximate surface area is 145 Å². The smallest absolute Gasteiger partial charge is 0.326 e. The first kappa shape index (κ1) is 18.4. The Bertz CT molecular complexity index is 740. The van der Waals surface area contributed by atoms with Crippen LogP contribution in [0.15, 0.2) is 54.6 Å². The van der Waals surface area contributed by atoms with Crippen LogP contribution in [0.25, 0.3) is 0 Å². The zero-order valence-electron chi connectivity index (χ0n) is 13.8. The Morgan fingerprint density at radius 1 is 0.920 bits per heavy atom. The van der Waals surface area contributed by atoms with Gasteiger partial charge in [0.15, 0.2) is 5.78 Å². The number of rotatable bonds is 7. The van der Waals surface area contributed by atoms with Gasteiger partial charge in [-0.05, 0) is 12.0 Å². The minimum atomic E-state index is -0.883. The normalized spacial score (nSPS) is 11.4. The van der Waals surface area contributed by atoms with E-state index in [0.717, 1.165) is 5.56 Å². The third-order valence-corrected chi connectivity index (χ3v) is 3.47. The molecular weight excluding hydrogens is 322 g/mol. The van der Waals surface area contributed by atoms with E-state index in [9.17, 15) is 14.4 Å². The fourth-order valence-corrected chi connectivity index (χ4v) is 2.16. The predicted molar refractivity (Wildman–Crippen MR) is 90.7 cm³/mol. The van der Waals surface area contributed by atoms with Gasteiger partial charge < -0.3 is 15.2 Å². The molecule has 0 saturated carbocycles. The molecular formula is C19H19NO5. The SMILES string of the molecule is CC(=O)OCOC(=O)[C@@H](N)Cc1ccc(C(=O)c2ccccc2)cc1. The molecule has 2 aromatic rings. The Morgan fingerprint density at radius 2 is 1.52 bits per heavy atom. The molecule has 0 bridgehead atoms. The first-order valence-electron chi connectivity index (χ1n) is 7.71. The van der Waals surface area contributed by atoms with Crippen LogP contribution < -0.4 is 5.73 Å². The van der Waals surface area contributed by atoms with Gasteiger partial charge in [0.2, 0.25) is 6.79 Å². The van der Waals surface area contributed by atoms with Crippen molar-refractivity contribution in [1.82, 2.24) is 0 Å². The molecule has 0 unspecified atom stereocenters. The molecule has 0 saturated heterocycles. The van der Waals surface area contributed by atoms with Gasteiger partial charge in [0.25, 0.3) is 0 Å². The highest BCUT2D eigenvalue weighted by molar-refractivity contribution is 6.08. The maximum absolute atomic E-state index is 12.3. The van der Waals surface area contributed by atoms with Crippen molar-refractivity contribution in [3.8, 4) is 0 Å². The summed E-state index contributed by atoms with van der Waals surface area (Å²) in [5, 5.41) is 0. The summed E-state index contributed by atoms with van der Waals surface area (Å²) in [4.78, 5) is 34.6. The number of benzene rings is 2.